The van der Waals surface area contributed by atoms with Crippen LogP contribution in [0.5, 0.6) is 0 Å². The number of hydrogen-bond donors (Lipinski definition) is 1. The second-order valence-electron chi connectivity index (χ2n) is 3.64. The second-order valence-corrected chi connectivity index (χ2v) is 3.64. The molecule has 0 spiro atoms. The third-order valence-corrected chi connectivity index (χ3v) is 1.91. The number of alkyl halides is 2. The highest BCUT2D eigenvalue weighted by Gasteiger charge is 2.14. The fourth-order valence-electron chi connectivity index (χ4n) is 1.06. The topological polar surface area (TPSA) is 26.0 Å². The van der Waals surface area contributed by atoms with Crippen molar-refractivity contribution >= 4 is 0 Å². The van der Waals surface area contributed by atoms with Crippen molar-refractivity contribution in [1.82, 2.24) is 0 Å². The number of halogens is 2. The number of rotatable bonds is 2. The summed E-state index contributed by atoms with van der Waals surface area (Å²) in [6, 6.07) is 6.10. The van der Waals surface area contributed by atoms with Crippen molar-refractivity contribution in [1.29, 1.82) is 0 Å². The van der Waals surface area contributed by atoms with Crippen molar-refractivity contribution in [2.75, 3.05) is 0 Å². The molecule has 0 aromatic heterocycles. The normalized spacial score (nSPS) is 12.2. The van der Waals surface area contributed by atoms with E-state index in [4.69, 9.17) is 5.73 Å². The largest absolute Gasteiger partial charge is 0.322 e. The lowest BCUT2D eigenvalue weighted by molar-refractivity contribution is 0.151. The fourth-order valence-corrected chi connectivity index (χ4v) is 1.06. The van der Waals surface area contributed by atoms with Crippen LogP contribution < -0.4 is 5.73 Å². The van der Waals surface area contributed by atoms with Gasteiger partial charge < -0.3 is 5.73 Å². The molecule has 1 aromatic rings. The van der Waals surface area contributed by atoms with E-state index in [1.165, 1.54) is 12.1 Å². The van der Waals surface area contributed by atoms with Crippen molar-refractivity contribution < 1.29 is 8.78 Å². The monoisotopic (exact) mass is 185 g/mol. The molecule has 1 rings (SSSR count). The Bertz CT molecular complexity index is 272. The highest BCUT2D eigenvalue weighted by molar-refractivity contribution is 5.27. The Morgan fingerprint density at radius 2 is 1.62 bits per heavy atom. The van der Waals surface area contributed by atoms with Crippen molar-refractivity contribution in [3.05, 3.63) is 35.4 Å². The van der Waals surface area contributed by atoms with E-state index in [-0.39, 0.29) is 5.56 Å². The van der Waals surface area contributed by atoms with Crippen molar-refractivity contribution in [2.24, 2.45) is 5.73 Å². The van der Waals surface area contributed by atoms with Gasteiger partial charge in [-0.05, 0) is 19.4 Å². The summed E-state index contributed by atoms with van der Waals surface area (Å²) in [5, 5.41) is 0. The van der Waals surface area contributed by atoms with Crippen molar-refractivity contribution in [3.8, 4) is 0 Å². The van der Waals surface area contributed by atoms with Gasteiger partial charge in [0.05, 0.1) is 0 Å². The molecule has 3 heteroatoms. The van der Waals surface area contributed by atoms with Crippen LogP contribution in [-0.4, -0.2) is 0 Å². The highest BCUT2D eigenvalue weighted by atomic mass is 19.3. The quantitative estimate of drug-likeness (QED) is 0.753. The molecule has 0 atom stereocenters. The van der Waals surface area contributed by atoms with Gasteiger partial charge in [-0.1, -0.05) is 24.3 Å². The van der Waals surface area contributed by atoms with E-state index in [1.807, 2.05) is 13.8 Å². The minimum absolute atomic E-state index is 0.0352. The zero-order valence-electron chi connectivity index (χ0n) is 7.72. The standard InChI is InChI=1S/C10H13F2N/c1-10(2,13)8-5-3-7(4-6-8)9(11)12/h3-6,9H,13H2,1-2H3. The zero-order valence-corrected chi connectivity index (χ0v) is 7.72. The molecule has 13 heavy (non-hydrogen) atoms. The molecule has 72 valence electrons. The van der Waals surface area contributed by atoms with Gasteiger partial charge in [-0.15, -0.1) is 0 Å². The lowest BCUT2D eigenvalue weighted by Gasteiger charge is -2.19. The Morgan fingerprint density at radius 3 is 1.92 bits per heavy atom. The minimum atomic E-state index is -2.41. The van der Waals surface area contributed by atoms with E-state index in [0.29, 0.717) is 0 Å². The molecule has 0 saturated carbocycles. The van der Waals surface area contributed by atoms with Crippen molar-refractivity contribution in [2.45, 2.75) is 25.8 Å². The Labute approximate surface area is 76.6 Å². The Morgan fingerprint density at radius 1 is 1.15 bits per heavy atom. The van der Waals surface area contributed by atoms with Gasteiger partial charge in [0.2, 0.25) is 0 Å². The molecule has 0 aliphatic carbocycles. The molecule has 0 saturated heterocycles. The SMILES string of the molecule is CC(C)(N)c1ccc(C(F)F)cc1. The summed E-state index contributed by atoms with van der Waals surface area (Å²) in [5.74, 6) is 0. The smallest absolute Gasteiger partial charge is 0.263 e. The van der Waals surface area contributed by atoms with Gasteiger partial charge >= 0.3 is 0 Å². The maximum Gasteiger partial charge on any atom is 0.263 e. The Hall–Kier alpha value is -0.960. The van der Waals surface area contributed by atoms with Crippen LogP contribution in [0.4, 0.5) is 8.78 Å². The van der Waals surface area contributed by atoms with Crippen molar-refractivity contribution in [3.63, 3.8) is 0 Å². The van der Waals surface area contributed by atoms with Gasteiger partial charge in [0.1, 0.15) is 0 Å². The Balaban J connectivity index is 2.94. The molecule has 0 radical (unpaired) electrons. The average Bonchev–Trinajstić information content (AvgIpc) is 2.03. The summed E-state index contributed by atoms with van der Waals surface area (Å²) < 4.78 is 24.3. The molecule has 0 aliphatic rings. The molecule has 0 heterocycles. The van der Waals surface area contributed by atoms with Crippen LogP contribution in [0.3, 0.4) is 0 Å². The summed E-state index contributed by atoms with van der Waals surface area (Å²) >= 11 is 0. The van der Waals surface area contributed by atoms with Crippen LogP contribution in [0.2, 0.25) is 0 Å². The fraction of sp³-hybridized carbons (Fsp3) is 0.400. The molecule has 0 bridgehead atoms. The number of benzene rings is 1. The van der Waals surface area contributed by atoms with E-state index in [1.54, 1.807) is 12.1 Å². The van der Waals surface area contributed by atoms with Crippen LogP contribution in [-0.2, 0) is 5.54 Å². The van der Waals surface area contributed by atoms with Gasteiger partial charge in [0.15, 0.2) is 0 Å². The molecule has 1 nitrogen and oxygen atoms in total. The third kappa shape index (κ3) is 2.49. The summed E-state index contributed by atoms with van der Waals surface area (Å²) in [6.07, 6.45) is -2.41. The van der Waals surface area contributed by atoms with Gasteiger partial charge in [-0.2, -0.15) is 0 Å². The highest BCUT2D eigenvalue weighted by Crippen LogP contribution is 2.22. The molecular formula is C10H13F2N. The van der Waals surface area contributed by atoms with Gasteiger partial charge in [-0.3, -0.25) is 0 Å². The lowest BCUT2D eigenvalue weighted by atomic mass is 9.95. The lowest BCUT2D eigenvalue weighted by Crippen LogP contribution is -2.28. The zero-order chi connectivity index (χ0) is 10.1. The summed E-state index contributed by atoms with van der Waals surface area (Å²) in [4.78, 5) is 0. The first kappa shape index (κ1) is 10.1. The third-order valence-electron chi connectivity index (χ3n) is 1.91. The molecule has 0 aliphatic heterocycles. The van der Waals surface area contributed by atoms with Gasteiger partial charge in [0, 0.05) is 11.1 Å². The maximum atomic E-state index is 12.2. The number of hydrogen-bond acceptors (Lipinski definition) is 1. The summed E-state index contributed by atoms with van der Waals surface area (Å²) in [5.41, 5.74) is 6.22. The maximum absolute atomic E-state index is 12.2. The summed E-state index contributed by atoms with van der Waals surface area (Å²) in [6.45, 7) is 3.68. The van der Waals surface area contributed by atoms with E-state index >= 15 is 0 Å². The van der Waals surface area contributed by atoms with E-state index in [9.17, 15) is 8.78 Å². The van der Waals surface area contributed by atoms with Crippen LogP contribution >= 0.6 is 0 Å². The first-order valence-corrected chi connectivity index (χ1v) is 4.09. The minimum Gasteiger partial charge on any atom is -0.322 e. The predicted molar refractivity (Wildman–Crippen MR) is 48.6 cm³/mol. The molecule has 0 unspecified atom stereocenters. The van der Waals surface area contributed by atoms with E-state index in [0.717, 1.165) is 5.56 Å². The van der Waals surface area contributed by atoms with E-state index < -0.39 is 12.0 Å². The predicted octanol–water partition coefficient (Wildman–Crippen LogP) is 2.82. The average molecular weight is 185 g/mol. The van der Waals surface area contributed by atoms with Gasteiger partial charge in [-0.25, -0.2) is 8.78 Å². The van der Waals surface area contributed by atoms with Crippen LogP contribution in [0.1, 0.15) is 31.4 Å². The van der Waals surface area contributed by atoms with Crippen LogP contribution in [0.25, 0.3) is 0 Å². The van der Waals surface area contributed by atoms with Crippen LogP contribution in [0, 0.1) is 0 Å². The molecule has 0 fully saturated rings. The molecular weight excluding hydrogens is 172 g/mol. The molecule has 2 N–H and O–H groups in total. The second kappa shape index (κ2) is 3.42. The van der Waals surface area contributed by atoms with Gasteiger partial charge in [0.25, 0.3) is 6.43 Å². The Kier molecular flexibility index (Phi) is 2.66. The van der Waals surface area contributed by atoms with Crippen LogP contribution in [0.15, 0.2) is 24.3 Å². The molecule has 0 amide bonds. The molecule has 1 aromatic carbocycles. The summed E-state index contributed by atoms with van der Waals surface area (Å²) in [7, 11) is 0. The number of nitrogens with two attached hydrogens (primary N) is 1. The first-order valence-electron chi connectivity index (χ1n) is 4.09. The first-order chi connectivity index (χ1) is 5.91. The van der Waals surface area contributed by atoms with E-state index in [2.05, 4.69) is 0 Å².